The molecule has 1 aromatic carbocycles. The molecule has 0 bridgehead atoms. The SMILES string of the molecule is C[C@@H](NC(=O)c1cncc(Br)c1)c1cccc(Cl)c1. The van der Waals surface area contributed by atoms with Gasteiger partial charge in [0, 0.05) is 21.9 Å². The molecule has 1 atom stereocenters. The van der Waals surface area contributed by atoms with E-state index in [1.165, 1.54) is 6.20 Å². The Balaban J connectivity index is 2.11. The lowest BCUT2D eigenvalue weighted by molar-refractivity contribution is 0.0939. The number of nitrogens with one attached hydrogen (secondary N) is 1. The number of carbonyl (C=O) groups excluding carboxylic acids is 1. The minimum Gasteiger partial charge on any atom is -0.345 e. The third kappa shape index (κ3) is 3.78. The molecule has 0 saturated heterocycles. The van der Waals surface area contributed by atoms with Crippen LogP contribution in [-0.2, 0) is 0 Å². The van der Waals surface area contributed by atoms with Gasteiger partial charge in [0.1, 0.15) is 0 Å². The van der Waals surface area contributed by atoms with Gasteiger partial charge in [-0.3, -0.25) is 9.78 Å². The van der Waals surface area contributed by atoms with E-state index in [0.717, 1.165) is 10.0 Å². The fourth-order valence-electron chi connectivity index (χ4n) is 1.68. The standard InChI is InChI=1S/C14H12BrClN2O/c1-9(10-3-2-4-13(16)6-10)18-14(19)11-5-12(15)8-17-7-11/h2-9H,1H3,(H,18,19)/t9-/m1/s1. The number of aromatic nitrogens is 1. The molecule has 1 amide bonds. The van der Waals surface area contributed by atoms with E-state index < -0.39 is 0 Å². The molecular formula is C14H12BrClN2O. The van der Waals surface area contributed by atoms with Crippen molar-refractivity contribution in [1.29, 1.82) is 0 Å². The van der Waals surface area contributed by atoms with E-state index in [1.807, 2.05) is 25.1 Å². The molecule has 0 unspecified atom stereocenters. The van der Waals surface area contributed by atoms with Gasteiger partial charge in [-0.15, -0.1) is 0 Å². The predicted molar refractivity (Wildman–Crippen MR) is 79.3 cm³/mol. The molecule has 0 radical (unpaired) electrons. The topological polar surface area (TPSA) is 42.0 Å². The van der Waals surface area contributed by atoms with Crippen LogP contribution in [0.25, 0.3) is 0 Å². The molecule has 1 N–H and O–H groups in total. The molecule has 1 aromatic heterocycles. The van der Waals surface area contributed by atoms with E-state index in [4.69, 9.17) is 11.6 Å². The van der Waals surface area contributed by atoms with Gasteiger partial charge in [-0.25, -0.2) is 0 Å². The lowest BCUT2D eigenvalue weighted by atomic mass is 10.1. The summed E-state index contributed by atoms with van der Waals surface area (Å²) >= 11 is 9.23. The number of pyridine rings is 1. The number of nitrogens with zero attached hydrogens (tertiary/aromatic N) is 1. The van der Waals surface area contributed by atoms with Crippen LogP contribution >= 0.6 is 27.5 Å². The Labute approximate surface area is 125 Å². The lowest BCUT2D eigenvalue weighted by Crippen LogP contribution is -2.26. The summed E-state index contributed by atoms with van der Waals surface area (Å²) in [4.78, 5) is 16.0. The second kappa shape index (κ2) is 6.17. The van der Waals surface area contributed by atoms with Crippen molar-refractivity contribution >= 4 is 33.4 Å². The Morgan fingerprint density at radius 3 is 2.84 bits per heavy atom. The highest BCUT2D eigenvalue weighted by Crippen LogP contribution is 2.18. The van der Waals surface area contributed by atoms with Crippen molar-refractivity contribution in [1.82, 2.24) is 10.3 Å². The summed E-state index contributed by atoms with van der Waals surface area (Å²) in [6, 6.07) is 9.04. The maximum absolute atomic E-state index is 12.1. The molecular weight excluding hydrogens is 328 g/mol. The van der Waals surface area contributed by atoms with Crippen LogP contribution in [-0.4, -0.2) is 10.9 Å². The smallest absolute Gasteiger partial charge is 0.253 e. The van der Waals surface area contributed by atoms with Gasteiger partial charge in [-0.05, 0) is 46.6 Å². The molecule has 2 aromatic rings. The molecule has 19 heavy (non-hydrogen) atoms. The quantitative estimate of drug-likeness (QED) is 0.918. The van der Waals surface area contributed by atoms with Crippen LogP contribution in [0.15, 0.2) is 47.2 Å². The van der Waals surface area contributed by atoms with Crippen LogP contribution in [0, 0.1) is 0 Å². The van der Waals surface area contributed by atoms with Crippen LogP contribution < -0.4 is 5.32 Å². The van der Waals surface area contributed by atoms with Crippen LogP contribution in [0.5, 0.6) is 0 Å². The van der Waals surface area contributed by atoms with Crippen LogP contribution in [0.4, 0.5) is 0 Å². The van der Waals surface area contributed by atoms with Gasteiger partial charge < -0.3 is 5.32 Å². The maximum Gasteiger partial charge on any atom is 0.253 e. The average molecular weight is 340 g/mol. The molecule has 0 spiro atoms. The molecule has 0 aliphatic heterocycles. The number of amides is 1. The molecule has 3 nitrogen and oxygen atoms in total. The van der Waals surface area contributed by atoms with Crippen LogP contribution in [0.1, 0.15) is 28.9 Å². The zero-order valence-electron chi connectivity index (χ0n) is 10.2. The number of benzene rings is 1. The zero-order chi connectivity index (χ0) is 13.8. The molecule has 5 heteroatoms. The number of halogens is 2. The van der Waals surface area contributed by atoms with Gasteiger partial charge in [-0.1, -0.05) is 23.7 Å². The summed E-state index contributed by atoms with van der Waals surface area (Å²) in [7, 11) is 0. The Morgan fingerprint density at radius 1 is 1.37 bits per heavy atom. The van der Waals surface area contributed by atoms with Crippen molar-refractivity contribution in [2.45, 2.75) is 13.0 Å². The fourth-order valence-corrected chi connectivity index (χ4v) is 2.24. The summed E-state index contributed by atoms with van der Waals surface area (Å²) in [5.41, 5.74) is 1.48. The second-order valence-corrected chi connectivity index (χ2v) is 5.49. The third-order valence-corrected chi connectivity index (χ3v) is 3.33. The maximum atomic E-state index is 12.1. The monoisotopic (exact) mass is 338 g/mol. The molecule has 0 aliphatic carbocycles. The van der Waals surface area contributed by atoms with Crippen molar-refractivity contribution in [3.8, 4) is 0 Å². The lowest BCUT2D eigenvalue weighted by Gasteiger charge is -2.14. The van der Waals surface area contributed by atoms with Gasteiger partial charge in [0.25, 0.3) is 5.91 Å². The van der Waals surface area contributed by atoms with Crippen LogP contribution in [0.3, 0.4) is 0 Å². The van der Waals surface area contributed by atoms with Crippen molar-refractivity contribution in [3.05, 3.63) is 63.3 Å². The summed E-state index contributed by atoms with van der Waals surface area (Å²) in [5.74, 6) is -0.165. The fraction of sp³-hybridized carbons (Fsp3) is 0.143. The highest BCUT2D eigenvalue weighted by Gasteiger charge is 2.12. The van der Waals surface area contributed by atoms with Crippen molar-refractivity contribution in [3.63, 3.8) is 0 Å². The predicted octanol–water partition coefficient (Wildman–Crippen LogP) is 3.99. The number of carbonyl (C=O) groups is 1. The molecule has 0 aliphatic rings. The summed E-state index contributed by atoms with van der Waals surface area (Å²) in [5, 5.41) is 3.56. The highest BCUT2D eigenvalue weighted by molar-refractivity contribution is 9.10. The number of hydrogen-bond acceptors (Lipinski definition) is 2. The first-order valence-electron chi connectivity index (χ1n) is 5.73. The van der Waals surface area contributed by atoms with E-state index in [-0.39, 0.29) is 11.9 Å². The first kappa shape index (κ1) is 14.0. The Bertz CT molecular complexity index is 604. The largest absolute Gasteiger partial charge is 0.345 e. The van der Waals surface area contributed by atoms with Gasteiger partial charge in [0.2, 0.25) is 0 Å². The van der Waals surface area contributed by atoms with E-state index in [1.54, 1.807) is 18.3 Å². The molecule has 2 rings (SSSR count). The van der Waals surface area contributed by atoms with Crippen molar-refractivity contribution in [2.24, 2.45) is 0 Å². The Morgan fingerprint density at radius 2 is 2.16 bits per heavy atom. The summed E-state index contributed by atoms with van der Waals surface area (Å²) in [6.07, 6.45) is 3.17. The van der Waals surface area contributed by atoms with E-state index >= 15 is 0 Å². The highest BCUT2D eigenvalue weighted by atomic mass is 79.9. The van der Waals surface area contributed by atoms with Gasteiger partial charge in [-0.2, -0.15) is 0 Å². The minimum absolute atomic E-state index is 0.120. The van der Waals surface area contributed by atoms with Gasteiger partial charge >= 0.3 is 0 Å². The molecule has 0 fully saturated rings. The van der Waals surface area contributed by atoms with Gasteiger partial charge in [0.05, 0.1) is 11.6 Å². The first-order valence-corrected chi connectivity index (χ1v) is 6.90. The van der Waals surface area contributed by atoms with E-state index in [0.29, 0.717) is 10.6 Å². The van der Waals surface area contributed by atoms with Crippen molar-refractivity contribution < 1.29 is 4.79 Å². The number of rotatable bonds is 3. The normalized spacial score (nSPS) is 11.9. The minimum atomic E-state index is -0.165. The van der Waals surface area contributed by atoms with Crippen LogP contribution in [0.2, 0.25) is 5.02 Å². The third-order valence-electron chi connectivity index (χ3n) is 2.66. The Kier molecular flexibility index (Phi) is 4.56. The number of hydrogen-bond donors (Lipinski definition) is 1. The Hall–Kier alpha value is -1.39. The van der Waals surface area contributed by atoms with E-state index in [9.17, 15) is 4.79 Å². The molecule has 1 heterocycles. The summed E-state index contributed by atoms with van der Waals surface area (Å²) in [6.45, 7) is 1.91. The molecule has 98 valence electrons. The van der Waals surface area contributed by atoms with Gasteiger partial charge in [0.15, 0.2) is 0 Å². The summed E-state index contributed by atoms with van der Waals surface area (Å²) < 4.78 is 0.774. The second-order valence-electron chi connectivity index (χ2n) is 4.14. The van der Waals surface area contributed by atoms with E-state index in [2.05, 4.69) is 26.2 Å². The molecule has 0 saturated carbocycles. The van der Waals surface area contributed by atoms with Crippen molar-refractivity contribution in [2.75, 3.05) is 0 Å². The zero-order valence-corrected chi connectivity index (χ0v) is 12.6. The first-order chi connectivity index (χ1) is 9.06. The average Bonchev–Trinajstić information content (AvgIpc) is 2.38.